The Kier molecular flexibility index (Phi) is 8.61. The van der Waals surface area contributed by atoms with Gasteiger partial charge in [0.25, 0.3) is 0 Å². The zero-order valence-corrected chi connectivity index (χ0v) is 16.1. The molecule has 1 aromatic carbocycles. The van der Waals surface area contributed by atoms with Gasteiger partial charge in [0.15, 0.2) is 0 Å². The summed E-state index contributed by atoms with van der Waals surface area (Å²) in [6.45, 7) is 7.27. The molecule has 1 aromatic rings. The van der Waals surface area contributed by atoms with Crippen LogP contribution in [0.3, 0.4) is 0 Å². The van der Waals surface area contributed by atoms with E-state index >= 15 is 0 Å². The van der Waals surface area contributed by atoms with Gasteiger partial charge in [0.05, 0.1) is 6.61 Å². The average Bonchev–Trinajstić information content (AvgIpc) is 2.45. The van der Waals surface area contributed by atoms with E-state index in [4.69, 9.17) is 9.47 Å². The van der Waals surface area contributed by atoms with Gasteiger partial charge in [0, 0.05) is 22.6 Å². The van der Waals surface area contributed by atoms with Gasteiger partial charge in [0.1, 0.15) is 11.4 Å². The van der Waals surface area contributed by atoms with Crippen molar-refractivity contribution in [2.45, 2.75) is 45.8 Å². The predicted molar refractivity (Wildman–Crippen MR) is 97.8 cm³/mol. The molecule has 6 nitrogen and oxygen atoms in total. The summed E-state index contributed by atoms with van der Waals surface area (Å²) in [5, 5.41) is 2.75. The maximum Gasteiger partial charge on any atom is 0.407 e. The van der Waals surface area contributed by atoms with E-state index in [0.29, 0.717) is 6.42 Å². The highest BCUT2D eigenvalue weighted by Crippen LogP contribution is 2.09. The van der Waals surface area contributed by atoms with Crippen molar-refractivity contribution >= 4 is 22.9 Å². The Morgan fingerprint density at radius 2 is 1.84 bits per heavy atom. The average molecular weight is 369 g/mol. The van der Waals surface area contributed by atoms with E-state index in [9.17, 15) is 13.8 Å². The number of ether oxygens (including phenoxy) is 2. The van der Waals surface area contributed by atoms with Gasteiger partial charge < -0.3 is 14.8 Å². The standard InChI is InChI=1S/C18H27NO5S/c1-5-23-16(20)13-25(22)12-15(11-14-9-7-6-8-10-14)19-17(21)24-18(2,3)4/h6-10,15H,5,11-13H2,1-4H3,(H,19,21)/t15-,25?/m1/s1. The SMILES string of the molecule is CCOC(=O)CS(=O)C[C@@H](Cc1ccccc1)NC(=O)OC(C)(C)C. The molecule has 0 heterocycles. The number of amides is 1. The Hall–Kier alpha value is -1.89. The van der Waals surface area contributed by atoms with Crippen molar-refractivity contribution in [1.29, 1.82) is 0 Å². The highest BCUT2D eigenvalue weighted by Gasteiger charge is 2.22. The summed E-state index contributed by atoms with van der Waals surface area (Å²) in [4.78, 5) is 23.5. The van der Waals surface area contributed by atoms with E-state index in [1.54, 1.807) is 27.7 Å². The van der Waals surface area contributed by atoms with E-state index in [-0.39, 0.29) is 18.1 Å². The quantitative estimate of drug-likeness (QED) is 0.712. The summed E-state index contributed by atoms with van der Waals surface area (Å²) >= 11 is 0. The zero-order valence-electron chi connectivity index (χ0n) is 15.2. The predicted octanol–water partition coefficient (Wildman–Crippen LogP) is 2.43. The molecule has 1 rings (SSSR count). The van der Waals surface area contributed by atoms with Crippen LogP contribution in [0.5, 0.6) is 0 Å². The van der Waals surface area contributed by atoms with Crippen LogP contribution in [-0.2, 0) is 31.5 Å². The Morgan fingerprint density at radius 1 is 1.20 bits per heavy atom. The van der Waals surface area contributed by atoms with Gasteiger partial charge in [-0.15, -0.1) is 0 Å². The minimum Gasteiger partial charge on any atom is -0.465 e. The number of esters is 1. The molecule has 0 aliphatic heterocycles. The van der Waals surface area contributed by atoms with Crippen molar-refractivity contribution in [1.82, 2.24) is 5.32 Å². The summed E-state index contributed by atoms with van der Waals surface area (Å²) in [7, 11) is -1.44. The highest BCUT2D eigenvalue weighted by atomic mass is 32.2. The van der Waals surface area contributed by atoms with Crippen molar-refractivity contribution in [3.63, 3.8) is 0 Å². The number of rotatable bonds is 8. The lowest BCUT2D eigenvalue weighted by Crippen LogP contribution is -2.43. The van der Waals surface area contributed by atoms with Crippen molar-refractivity contribution < 1.29 is 23.3 Å². The molecule has 0 aliphatic rings. The van der Waals surface area contributed by atoms with Crippen LogP contribution in [0.2, 0.25) is 0 Å². The van der Waals surface area contributed by atoms with Crippen LogP contribution < -0.4 is 5.32 Å². The number of carbonyl (C=O) groups excluding carboxylic acids is 2. The lowest BCUT2D eigenvalue weighted by Gasteiger charge is -2.23. The van der Waals surface area contributed by atoms with Gasteiger partial charge in [0.2, 0.25) is 0 Å². The van der Waals surface area contributed by atoms with Crippen LogP contribution in [-0.4, -0.2) is 46.0 Å². The van der Waals surface area contributed by atoms with Gasteiger partial charge in [-0.05, 0) is 39.7 Å². The molecular weight excluding hydrogens is 342 g/mol. The molecule has 1 amide bonds. The van der Waals surface area contributed by atoms with Crippen LogP contribution >= 0.6 is 0 Å². The van der Waals surface area contributed by atoms with Crippen molar-refractivity contribution in [3.05, 3.63) is 35.9 Å². The molecule has 0 aliphatic carbocycles. The summed E-state index contributed by atoms with van der Waals surface area (Å²) in [6.07, 6.45) is -0.0733. The van der Waals surface area contributed by atoms with Crippen LogP contribution in [0.15, 0.2) is 30.3 Å². The van der Waals surface area contributed by atoms with E-state index < -0.39 is 34.5 Å². The van der Waals surface area contributed by atoms with E-state index in [2.05, 4.69) is 5.32 Å². The minimum atomic E-state index is -1.44. The smallest absolute Gasteiger partial charge is 0.407 e. The molecule has 2 atom stereocenters. The lowest BCUT2D eigenvalue weighted by atomic mass is 10.1. The molecular formula is C18H27NO5S. The van der Waals surface area contributed by atoms with Crippen molar-refractivity contribution in [2.24, 2.45) is 0 Å². The summed E-state index contributed by atoms with van der Waals surface area (Å²) in [5.41, 5.74) is 0.377. The van der Waals surface area contributed by atoms with Gasteiger partial charge in [-0.3, -0.25) is 9.00 Å². The third-order valence-corrected chi connectivity index (χ3v) is 4.35. The molecule has 140 valence electrons. The van der Waals surface area contributed by atoms with E-state index in [0.717, 1.165) is 5.56 Å². The van der Waals surface area contributed by atoms with Crippen LogP contribution in [0.4, 0.5) is 4.79 Å². The van der Waals surface area contributed by atoms with Gasteiger partial charge in [-0.25, -0.2) is 4.79 Å². The Labute approximate surface area is 151 Å². The molecule has 0 fully saturated rings. The monoisotopic (exact) mass is 369 g/mol. The number of nitrogens with one attached hydrogen (secondary N) is 1. The first-order valence-corrected chi connectivity index (χ1v) is 9.72. The molecule has 0 spiro atoms. The second-order valence-electron chi connectivity index (χ2n) is 6.59. The first-order valence-electron chi connectivity index (χ1n) is 8.23. The fourth-order valence-corrected chi connectivity index (χ4v) is 3.26. The number of alkyl carbamates (subject to hydrolysis) is 1. The Balaban J connectivity index is 2.71. The fraction of sp³-hybridized carbons (Fsp3) is 0.556. The highest BCUT2D eigenvalue weighted by molar-refractivity contribution is 7.85. The number of hydrogen-bond acceptors (Lipinski definition) is 5. The normalized spacial score (nSPS) is 13.6. The van der Waals surface area contributed by atoms with Crippen LogP contribution in [0.1, 0.15) is 33.3 Å². The zero-order chi connectivity index (χ0) is 18.9. The molecule has 25 heavy (non-hydrogen) atoms. The summed E-state index contributed by atoms with van der Waals surface area (Å²) < 4.78 is 22.3. The van der Waals surface area contributed by atoms with Gasteiger partial charge in [-0.2, -0.15) is 0 Å². The first-order chi connectivity index (χ1) is 11.7. The molecule has 1 N–H and O–H groups in total. The fourth-order valence-electron chi connectivity index (χ4n) is 2.14. The maximum atomic E-state index is 12.2. The van der Waals surface area contributed by atoms with Crippen molar-refractivity contribution in [2.75, 3.05) is 18.1 Å². The van der Waals surface area contributed by atoms with E-state index in [1.807, 2.05) is 30.3 Å². The molecule has 0 radical (unpaired) electrons. The molecule has 0 saturated heterocycles. The lowest BCUT2D eigenvalue weighted by molar-refractivity contribution is -0.139. The van der Waals surface area contributed by atoms with Crippen LogP contribution in [0.25, 0.3) is 0 Å². The summed E-state index contributed by atoms with van der Waals surface area (Å²) in [5.74, 6) is -0.543. The largest absolute Gasteiger partial charge is 0.465 e. The van der Waals surface area contributed by atoms with Gasteiger partial charge in [-0.1, -0.05) is 30.3 Å². The van der Waals surface area contributed by atoms with E-state index in [1.165, 1.54) is 0 Å². The first kappa shape index (κ1) is 21.2. The number of carbonyl (C=O) groups is 2. The second kappa shape index (κ2) is 10.2. The van der Waals surface area contributed by atoms with Gasteiger partial charge >= 0.3 is 12.1 Å². The number of benzene rings is 1. The second-order valence-corrected chi connectivity index (χ2v) is 8.09. The molecule has 0 bridgehead atoms. The molecule has 7 heteroatoms. The molecule has 0 saturated carbocycles. The third-order valence-electron chi connectivity index (χ3n) is 3.02. The van der Waals surface area contributed by atoms with Crippen molar-refractivity contribution in [3.8, 4) is 0 Å². The topological polar surface area (TPSA) is 81.7 Å². The van der Waals surface area contributed by atoms with Crippen LogP contribution in [0, 0.1) is 0 Å². The maximum absolute atomic E-state index is 12.2. The Bertz CT molecular complexity index is 583. The Morgan fingerprint density at radius 3 is 2.40 bits per heavy atom. The molecule has 1 unspecified atom stereocenters. The minimum absolute atomic E-state index is 0.146. The summed E-state index contributed by atoms with van der Waals surface area (Å²) in [6, 6.07) is 9.15. The third kappa shape index (κ3) is 9.86. The number of hydrogen-bond donors (Lipinski definition) is 1. The molecule has 0 aromatic heterocycles.